The number of aliphatic imine (C=N–C) groups is 1. The molecule has 0 unspecified atom stereocenters. The molecule has 2 rings (SSSR count). The van der Waals surface area contributed by atoms with E-state index in [2.05, 4.69) is 36.5 Å². The summed E-state index contributed by atoms with van der Waals surface area (Å²) in [6.45, 7) is 6.36. The van der Waals surface area contributed by atoms with Crippen LogP contribution in [0.2, 0.25) is 0 Å². The van der Waals surface area contributed by atoms with E-state index in [4.69, 9.17) is 10.5 Å². The molecule has 1 aromatic carbocycles. The normalized spacial score (nSPS) is 15.2. The van der Waals surface area contributed by atoms with Gasteiger partial charge < -0.3 is 21.1 Å². The quantitative estimate of drug-likeness (QED) is 0.201. The maximum atomic E-state index is 12.0. The minimum atomic E-state index is -0.107. The van der Waals surface area contributed by atoms with Gasteiger partial charge in [0.2, 0.25) is 0 Å². The molecule has 1 saturated heterocycles. The zero-order valence-electron chi connectivity index (χ0n) is 14.7. The number of nitrogens with zero attached hydrogens (tertiary/aromatic N) is 2. The van der Waals surface area contributed by atoms with Crippen molar-refractivity contribution in [2.45, 2.75) is 6.42 Å². The third-order valence-corrected chi connectivity index (χ3v) is 4.32. The summed E-state index contributed by atoms with van der Waals surface area (Å²) in [6.07, 6.45) is 0.974. The molecule has 1 amide bonds. The van der Waals surface area contributed by atoms with Crippen LogP contribution in [0.3, 0.4) is 0 Å². The predicted octanol–water partition coefficient (Wildman–Crippen LogP) is 1.42. The largest absolute Gasteiger partial charge is 0.379 e. The number of guanidine groups is 1. The predicted molar refractivity (Wildman–Crippen MR) is 118 cm³/mol. The summed E-state index contributed by atoms with van der Waals surface area (Å²) in [5.41, 5.74) is 6.45. The summed E-state index contributed by atoms with van der Waals surface area (Å²) in [6, 6.07) is 7.28. The molecular weight excluding hydrogens is 513 g/mol. The van der Waals surface area contributed by atoms with E-state index in [1.165, 1.54) is 0 Å². The Bertz CT molecular complexity index is 582. The second kappa shape index (κ2) is 13.3. The van der Waals surface area contributed by atoms with Crippen molar-refractivity contribution in [3.05, 3.63) is 34.3 Å². The Labute approximate surface area is 180 Å². The molecule has 0 aliphatic carbocycles. The number of rotatable bonds is 8. The van der Waals surface area contributed by atoms with E-state index in [0.29, 0.717) is 31.2 Å². The van der Waals surface area contributed by atoms with Gasteiger partial charge in [-0.3, -0.25) is 14.7 Å². The molecular formula is C17H27BrIN5O2. The highest BCUT2D eigenvalue weighted by atomic mass is 127. The Hall–Kier alpha value is -0.910. The second-order valence-corrected chi connectivity index (χ2v) is 6.68. The lowest BCUT2D eigenvalue weighted by atomic mass is 10.2. The molecule has 0 bridgehead atoms. The number of amides is 1. The molecule has 1 aliphatic heterocycles. The number of benzene rings is 1. The summed E-state index contributed by atoms with van der Waals surface area (Å²) in [7, 11) is 0. The van der Waals surface area contributed by atoms with Crippen LogP contribution in [0, 0.1) is 0 Å². The highest BCUT2D eigenvalue weighted by molar-refractivity contribution is 14.0. The minimum Gasteiger partial charge on any atom is -0.379 e. The number of carbonyl (C=O) groups is 1. The molecule has 146 valence electrons. The highest BCUT2D eigenvalue weighted by Gasteiger charge is 2.09. The average molecular weight is 540 g/mol. The van der Waals surface area contributed by atoms with E-state index < -0.39 is 0 Å². The van der Waals surface area contributed by atoms with Crippen LogP contribution in [0.15, 0.2) is 33.7 Å². The number of carbonyl (C=O) groups excluding carboxylic acids is 1. The lowest BCUT2D eigenvalue weighted by molar-refractivity contribution is 0.0377. The Morgan fingerprint density at radius 2 is 2.00 bits per heavy atom. The third-order valence-electron chi connectivity index (χ3n) is 3.82. The molecule has 0 aromatic heterocycles. The second-order valence-electron chi connectivity index (χ2n) is 5.77. The van der Waals surface area contributed by atoms with Gasteiger partial charge in [0.15, 0.2) is 5.96 Å². The molecule has 4 N–H and O–H groups in total. The summed E-state index contributed by atoms with van der Waals surface area (Å²) < 4.78 is 6.20. The van der Waals surface area contributed by atoms with Gasteiger partial charge in [-0.25, -0.2) is 0 Å². The Kier molecular flexibility index (Phi) is 11.8. The van der Waals surface area contributed by atoms with Gasteiger partial charge in [0.05, 0.1) is 13.2 Å². The Morgan fingerprint density at radius 3 is 2.73 bits per heavy atom. The van der Waals surface area contributed by atoms with Crippen molar-refractivity contribution in [2.75, 3.05) is 52.5 Å². The van der Waals surface area contributed by atoms with E-state index >= 15 is 0 Å². The molecule has 1 aliphatic rings. The monoisotopic (exact) mass is 539 g/mol. The molecule has 26 heavy (non-hydrogen) atoms. The van der Waals surface area contributed by atoms with Crippen molar-refractivity contribution in [2.24, 2.45) is 10.7 Å². The van der Waals surface area contributed by atoms with E-state index in [0.717, 1.165) is 43.7 Å². The SMILES string of the molecule is I.NC(=NCCCN1CCOCC1)NCCNC(=O)c1cccc(Br)c1. The number of hydrogen-bond donors (Lipinski definition) is 3. The summed E-state index contributed by atoms with van der Waals surface area (Å²) in [5, 5.41) is 5.85. The van der Waals surface area contributed by atoms with Gasteiger partial charge in [-0.1, -0.05) is 22.0 Å². The van der Waals surface area contributed by atoms with Gasteiger partial charge in [0.25, 0.3) is 5.91 Å². The summed E-state index contributed by atoms with van der Waals surface area (Å²) in [4.78, 5) is 18.6. The zero-order chi connectivity index (χ0) is 17.9. The zero-order valence-corrected chi connectivity index (χ0v) is 18.7. The molecule has 7 nitrogen and oxygen atoms in total. The van der Waals surface area contributed by atoms with Crippen LogP contribution in [0.1, 0.15) is 16.8 Å². The number of hydrogen-bond acceptors (Lipinski definition) is 4. The summed E-state index contributed by atoms with van der Waals surface area (Å²) in [5.74, 6) is 0.308. The summed E-state index contributed by atoms with van der Waals surface area (Å²) >= 11 is 3.35. The number of nitrogens with one attached hydrogen (secondary N) is 2. The van der Waals surface area contributed by atoms with Crippen molar-refractivity contribution < 1.29 is 9.53 Å². The van der Waals surface area contributed by atoms with Crippen LogP contribution in [-0.4, -0.2) is 69.2 Å². The van der Waals surface area contributed by atoms with Crippen LogP contribution < -0.4 is 16.4 Å². The fourth-order valence-corrected chi connectivity index (χ4v) is 2.87. The first-order chi connectivity index (χ1) is 12.1. The van der Waals surface area contributed by atoms with Crippen LogP contribution >= 0.6 is 39.9 Å². The smallest absolute Gasteiger partial charge is 0.251 e. The van der Waals surface area contributed by atoms with Crippen LogP contribution in [0.5, 0.6) is 0 Å². The first-order valence-electron chi connectivity index (χ1n) is 8.53. The molecule has 0 atom stereocenters. The molecule has 0 saturated carbocycles. The van der Waals surface area contributed by atoms with Crippen LogP contribution in [0.4, 0.5) is 0 Å². The van der Waals surface area contributed by atoms with Crippen LogP contribution in [-0.2, 0) is 4.74 Å². The molecule has 9 heteroatoms. The van der Waals surface area contributed by atoms with Crippen molar-refractivity contribution in [1.29, 1.82) is 0 Å². The third kappa shape index (κ3) is 9.15. The number of halogens is 2. The molecule has 1 aromatic rings. The van der Waals surface area contributed by atoms with Gasteiger partial charge in [-0.05, 0) is 24.6 Å². The molecule has 1 heterocycles. The Morgan fingerprint density at radius 1 is 1.27 bits per heavy atom. The van der Waals surface area contributed by atoms with Gasteiger partial charge >= 0.3 is 0 Å². The number of nitrogens with two attached hydrogens (primary N) is 1. The Balaban J connectivity index is 0.00000338. The maximum Gasteiger partial charge on any atom is 0.251 e. The standard InChI is InChI=1S/C17H26BrN5O2.HI/c18-15-4-1-3-14(13-15)16(24)20-6-7-22-17(19)21-5-2-8-23-9-11-25-12-10-23;/h1,3-4,13H,2,5-12H2,(H,20,24)(H3,19,21,22);1H. The van der Waals surface area contributed by atoms with Gasteiger partial charge in [0.1, 0.15) is 0 Å². The van der Waals surface area contributed by atoms with E-state index in [-0.39, 0.29) is 29.9 Å². The number of ether oxygens (including phenoxy) is 1. The van der Waals surface area contributed by atoms with Crippen molar-refractivity contribution in [3.8, 4) is 0 Å². The fraction of sp³-hybridized carbons (Fsp3) is 0.529. The molecule has 1 fully saturated rings. The van der Waals surface area contributed by atoms with Crippen LogP contribution in [0.25, 0.3) is 0 Å². The minimum absolute atomic E-state index is 0. The van der Waals surface area contributed by atoms with Gasteiger partial charge in [-0.15, -0.1) is 24.0 Å². The first kappa shape index (κ1) is 23.1. The average Bonchev–Trinajstić information content (AvgIpc) is 2.63. The fourth-order valence-electron chi connectivity index (χ4n) is 2.47. The first-order valence-corrected chi connectivity index (χ1v) is 9.32. The molecule has 0 radical (unpaired) electrons. The number of morpholine rings is 1. The van der Waals surface area contributed by atoms with E-state index in [9.17, 15) is 4.79 Å². The topological polar surface area (TPSA) is 92.0 Å². The molecule has 0 spiro atoms. The van der Waals surface area contributed by atoms with E-state index in [1.807, 2.05) is 12.1 Å². The van der Waals surface area contributed by atoms with Crippen molar-refractivity contribution in [1.82, 2.24) is 15.5 Å². The highest BCUT2D eigenvalue weighted by Crippen LogP contribution is 2.11. The lowest BCUT2D eigenvalue weighted by Gasteiger charge is -2.26. The van der Waals surface area contributed by atoms with Crippen molar-refractivity contribution >= 4 is 51.8 Å². The maximum absolute atomic E-state index is 12.0. The lowest BCUT2D eigenvalue weighted by Crippen LogP contribution is -2.39. The van der Waals surface area contributed by atoms with E-state index in [1.54, 1.807) is 12.1 Å². The van der Waals surface area contributed by atoms with Gasteiger partial charge in [0, 0.05) is 49.3 Å². The van der Waals surface area contributed by atoms with Crippen molar-refractivity contribution in [3.63, 3.8) is 0 Å². The van der Waals surface area contributed by atoms with Gasteiger partial charge in [-0.2, -0.15) is 0 Å².